The number of thioether (sulfide) groups is 1. The van der Waals surface area contributed by atoms with Gasteiger partial charge in [-0.15, -0.1) is 11.8 Å². The number of halogens is 1. The average Bonchev–Trinajstić information content (AvgIpc) is 3.17. The number of benzene rings is 2. The summed E-state index contributed by atoms with van der Waals surface area (Å²) < 4.78 is 6.08. The summed E-state index contributed by atoms with van der Waals surface area (Å²) in [5.74, 6) is 0.227. The number of hydrogen-bond acceptors (Lipinski definition) is 6. The van der Waals surface area contributed by atoms with Crippen LogP contribution in [0.1, 0.15) is 21.3 Å². The Morgan fingerprint density at radius 1 is 1.25 bits per heavy atom. The summed E-state index contributed by atoms with van der Waals surface area (Å²) in [5, 5.41) is 11.3. The lowest BCUT2D eigenvalue weighted by Crippen LogP contribution is -2.33. The average molecular weight is 461 g/mol. The molecule has 0 radical (unpaired) electrons. The largest absolute Gasteiger partial charge is 0.422 e. The van der Waals surface area contributed by atoms with Crippen LogP contribution in [-0.4, -0.2) is 28.0 Å². The van der Waals surface area contributed by atoms with Gasteiger partial charge in [0.05, 0.1) is 4.92 Å². The van der Waals surface area contributed by atoms with E-state index in [9.17, 15) is 19.7 Å². The SMILES string of the molecule is O=C(c1cc2ccc(Br)cc2oc1=O)N1CCS[C@H]1c1cccc([N+](=O)[O-])c1. The van der Waals surface area contributed by atoms with Crippen molar-refractivity contribution in [2.45, 2.75) is 5.37 Å². The molecule has 3 aromatic rings. The molecule has 1 amide bonds. The summed E-state index contributed by atoms with van der Waals surface area (Å²) in [6.45, 7) is 0.439. The summed E-state index contributed by atoms with van der Waals surface area (Å²) >= 11 is 4.82. The number of nitro groups is 1. The number of nitrogens with zero attached hydrogens (tertiary/aromatic N) is 2. The Bertz CT molecular complexity index is 1160. The van der Waals surface area contributed by atoms with Crippen molar-refractivity contribution in [3.05, 3.63) is 84.7 Å². The molecular formula is C19H13BrN2O5S. The summed E-state index contributed by atoms with van der Waals surface area (Å²) in [4.78, 5) is 37.6. The highest BCUT2D eigenvalue weighted by molar-refractivity contribution is 9.10. The predicted molar refractivity (Wildman–Crippen MR) is 110 cm³/mol. The molecular weight excluding hydrogens is 448 g/mol. The van der Waals surface area contributed by atoms with Crippen molar-refractivity contribution < 1.29 is 14.1 Å². The van der Waals surface area contributed by atoms with E-state index in [4.69, 9.17) is 4.42 Å². The van der Waals surface area contributed by atoms with Gasteiger partial charge in [0.15, 0.2) is 0 Å². The second kappa shape index (κ2) is 7.40. The van der Waals surface area contributed by atoms with E-state index < -0.39 is 21.8 Å². The molecule has 1 fully saturated rings. The number of carbonyl (C=O) groups is 1. The summed E-state index contributed by atoms with van der Waals surface area (Å²) in [5.41, 5.74) is 0.257. The molecule has 1 saturated heterocycles. The Morgan fingerprint density at radius 2 is 2.07 bits per heavy atom. The molecule has 0 unspecified atom stereocenters. The second-order valence-corrected chi connectivity index (χ2v) is 8.31. The number of nitro benzene ring substituents is 1. The van der Waals surface area contributed by atoms with Gasteiger partial charge in [0, 0.05) is 34.3 Å². The topological polar surface area (TPSA) is 93.7 Å². The maximum atomic E-state index is 13.1. The number of hydrogen-bond donors (Lipinski definition) is 0. The van der Waals surface area contributed by atoms with E-state index in [1.807, 2.05) is 0 Å². The minimum absolute atomic E-state index is 0.0341. The lowest BCUT2D eigenvalue weighted by molar-refractivity contribution is -0.384. The van der Waals surface area contributed by atoms with E-state index in [-0.39, 0.29) is 11.3 Å². The second-order valence-electron chi connectivity index (χ2n) is 6.20. The molecule has 4 rings (SSSR count). The van der Waals surface area contributed by atoms with Gasteiger partial charge in [0.2, 0.25) is 0 Å². The van der Waals surface area contributed by atoms with Crippen LogP contribution < -0.4 is 5.63 Å². The Hall–Kier alpha value is -2.65. The smallest absolute Gasteiger partial charge is 0.349 e. The fourth-order valence-electron chi connectivity index (χ4n) is 3.13. The van der Waals surface area contributed by atoms with Crippen molar-refractivity contribution >= 4 is 50.3 Å². The number of amides is 1. The van der Waals surface area contributed by atoms with Gasteiger partial charge in [-0.2, -0.15) is 0 Å². The highest BCUT2D eigenvalue weighted by Gasteiger charge is 2.33. The van der Waals surface area contributed by atoms with Crippen LogP contribution in [0.15, 0.2) is 62.2 Å². The zero-order valence-electron chi connectivity index (χ0n) is 14.3. The summed E-state index contributed by atoms with van der Waals surface area (Å²) in [7, 11) is 0. The van der Waals surface area contributed by atoms with Crippen molar-refractivity contribution in [1.29, 1.82) is 0 Å². The molecule has 9 heteroatoms. The van der Waals surface area contributed by atoms with E-state index in [0.717, 1.165) is 4.47 Å². The number of carbonyl (C=O) groups excluding carboxylic acids is 1. The van der Waals surface area contributed by atoms with Crippen molar-refractivity contribution in [2.24, 2.45) is 0 Å². The van der Waals surface area contributed by atoms with Crippen LogP contribution in [0.4, 0.5) is 5.69 Å². The molecule has 1 aliphatic heterocycles. The molecule has 7 nitrogen and oxygen atoms in total. The molecule has 2 heterocycles. The van der Waals surface area contributed by atoms with Gasteiger partial charge in [0.1, 0.15) is 16.5 Å². The predicted octanol–water partition coefficient (Wildman–Crippen LogP) is 4.35. The van der Waals surface area contributed by atoms with Crippen molar-refractivity contribution in [1.82, 2.24) is 4.90 Å². The first-order valence-electron chi connectivity index (χ1n) is 8.34. The molecule has 28 heavy (non-hydrogen) atoms. The normalized spacial score (nSPS) is 16.5. The van der Waals surface area contributed by atoms with E-state index >= 15 is 0 Å². The monoisotopic (exact) mass is 460 g/mol. The summed E-state index contributed by atoms with van der Waals surface area (Å²) in [6, 6.07) is 13.0. The molecule has 1 atom stereocenters. The zero-order valence-corrected chi connectivity index (χ0v) is 16.7. The first-order valence-corrected chi connectivity index (χ1v) is 10.2. The van der Waals surface area contributed by atoms with E-state index in [0.29, 0.717) is 28.8 Å². The minimum atomic E-state index is -0.703. The molecule has 0 bridgehead atoms. The van der Waals surface area contributed by atoms with Gasteiger partial charge in [-0.3, -0.25) is 14.9 Å². The van der Waals surface area contributed by atoms with Gasteiger partial charge in [-0.25, -0.2) is 4.79 Å². The van der Waals surface area contributed by atoms with Gasteiger partial charge >= 0.3 is 5.63 Å². The molecule has 1 aliphatic rings. The Labute approximate surface area is 171 Å². The van der Waals surface area contributed by atoms with Gasteiger partial charge in [-0.05, 0) is 23.8 Å². The number of fused-ring (bicyclic) bond motifs is 1. The quantitative estimate of drug-likeness (QED) is 0.327. The van der Waals surface area contributed by atoms with E-state index in [2.05, 4.69) is 15.9 Å². The Balaban J connectivity index is 1.71. The van der Waals surface area contributed by atoms with Crippen molar-refractivity contribution in [3.8, 4) is 0 Å². The molecule has 142 valence electrons. The number of rotatable bonds is 3. The zero-order chi connectivity index (χ0) is 19.8. The maximum absolute atomic E-state index is 13.1. The highest BCUT2D eigenvalue weighted by Crippen LogP contribution is 2.39. The van der Waals surface area contributed by atoms with Crippen LogP contribution in [0, 0.1) is 10.1 Å². The van der Waals surface area contributed by atoms with Gasteiger partial charge < -0.3 is 9.32 Å². The fraction of sp³-hybridized carbons (Fsp3) is 0.158. The minimum Gasteiger partial charge on any atom is -0.422 e. The van der Waals surface area contributed by atoms with E-state index in [1.54, 1.807) is 35.2 Å². The Kier molecular flexibility index (Phi) is 4.94. The lowest BCUT2D eigenvalue weighted by Gasteiger charge is -2.23. The van der Waals surface area contributed by atoms with Crippen molar-refractivity contribution in [2.75, 3.05) is 12.3 Å². The maximum Gasteiger partial charge on any atom is 0.349 e. The molecule has 0 N–H and O–H groups in total. The fourth-order valence-corrected chi connectivity index (χ4v) is 4.72. The van der Waals surface area contributed by atoms with Crippen LogP contribution in [0.25, 0.3) is 11.0 Å². The molecule has 0 aliphatic carbocycles. The highest BCUT2D eigenvalue weighted by atomic mass is 79.9. The van der Waals surface area contributed by atoms with E-state index in [1.165, 1.54) is 30.0 Å². The molecule has 2 aromatic carbocycles. The third kappa shape index (κ3) is 3.43. The van der Waals surface area contributed by atoms with Crippen LogP contribution in [0.5, 0.6) is 0 Å². The third-order valence-electron chi connectivity index (χ3n) is 4.45. The third-order valence-corrected chi connectivity index (χ3v) is 6.20. The molecule has 0 spiro atoms. The number of non-ortho nitro benzene ring substituents is 1. The van der Waals surface area contributed by atoms with Crippen LogP contribution in [-0.2, 0) is 0 Å². The van der Waals surface area contributed by atoms with Crippen LogP contribution >= 0.6 is 27.7 Å². The standard InChI is InChI=1S/C19H13BrN2O5S/c20-13-5-4-11-9-15(19(24)27-16(11)10-13)17(23)21-6-7-28-18(21)12-2-1-3-14(8-12)22(25)26/h1-5,8-10,18H,6-7H2/t18-/m0/s1. The van der Waals surface area contributed by atoms with Crippen molar-refractivity contribution in [3.63, 3.8) is 0 Å². The van der Waals surface area contributed by atoms with Gasteiger partial charge in [-0.1, -0.05) is 34.1 Å². The Morgan fingerprint density at radius 3 is 2.86 bits per heavy atom. The van der Waals surface area contributed by atoms with Crippen LogP contribution in [0.2, 0.25) is 0 Å². The van der Waals surface area contributed by atoms with Gasteiger partial charge in [0.25, 0.3) is 11.6 Å². The lowest BCUT2D eigenvalue weighted by atomic mass is 10.1. The summed E-state index contributed by atoms with van der Waals surface area (Å²) in [6.07, 6.45) is 0. The molecule has 0 saturated carbocycles. The first kappa shape index (κ1) is 18.7. The molecule has 1 aromatic heterocycles. The van der Waals surface area contributed by atoms with Crippen LogP contribution in [0.3, 0.4) is 0 Å². The first-order chi connectivity index (χ1) is 13.4.